The van der Waals surface area contributed by atoms with Gasteiger partial charge in [-0.2, -0.15) is 0 Å². The predicted molar refractivity (Wildman–Crippen MR) is 144 cm³/mol. The van der Waals surface area contributed by atoms with E-state index in [1.54, 1.807) is 24.3 Å². The van der Waals surface area contributed by atoms with E-state index in [1.165, 1.54) is 0 Å². The lowest BCUT2D eigenvalue weighted by molar-refractivity contribution is -0.115. The zero-order chi connectivity index (χ0) is 25.8. The van der Waals surface area contributed by atoms with Crippen molar-refractivity contribution >= 4 is 50.0 Å². The van der Waals surface area contributed by atoms with Gasteiger partial charge in [-0.3, -0.25) is 9.59 Å². The highest BCUT2D eigenvalue weighted by Gasteiger charge is 2.17. The van der Waals surface area contributed by atoms with Gasteiger partial charge in [-0.15, -0.1) is 5.10 Å². The van der Waals surface area contributed by atoms with Gasteiger partial charge in [0.1, 0.15) is 11.4 Å². The number of rotatable bonds is 8. The highest BCUT2D eigenvalue weighted by Crippen LogP contribution is 2.29. The van der Waals surface area contributed by atoms with E-state index in [0.717, 1.165) is 21.2 Å². The maximum atomic E-state index is 13.1. The van der Waals surface area contributed by atoms with Crippen LogP contribution in [0.2, 0.25) is 0 Å². The number of aromatic nitrogens is 5. The molecule has 0 aliphatic rings. The Balaban J connectivity index is 1.33. The van der Waals surface area contributed by atoms with Crippen LogP contribution in [0.3, 0.4) is 0 Å². The van der Waals surface area contributed by atoms with Crippen molar-refractivity contribution in [3.05, 3.63) is 82.5 Å². The van der Waals surface area contributed by atoms with Crippen LogP contribution < -0.4 is 15.4 Å². The summed E-state index contributed by atoms with van der Waals surface area (Å²) < 4.78 is 6.26. The molecule has 0 bridgehead atoms. The number of hydrogen-bond acceptors (Lipinski definition) is 6. The third-order valence-electron chi connectivity index (χ3n) is 5.60. The summed E-state index contributed by atoms with van der Waals surface area (Å²) in [5, 5.41) is 20.5. The quantitative estimate of drug-likeness (QED) is 0.212. The molecule has 0 saturated heterocycles. The molecular formula is C26H22BrN7O3. The number of halogens is 1. The number of hydrogen-bond donors (Lipinski definition) is 4. The number of anilines is 2. The van der Waals surface area contributed by atoms with E-state index in [1.807, 2.05) is 49.4 Å². The second-order valence-corrected chi connectivity index (χ2v) is 9.06. The zero-order valence-electron chi connectivity index (χ0n) is 19.7. The predicted octanol–water partition coefficient (Wildman–Crippen LogP) is 4.94. The molecule has 0 fully saturated rings. The largest absolute Gasteiger partial charge is 0.494 e. The lowest BCUT2D eigenvalue weighted by atomic mass is 10.1. The Bertz CT molecular complexity index is 1560. The Kier molecular flexibility index (Phi) is 6.95. The molecule has 5 aromatic rings. The van der Waals surface area contributed by atoms with Gasteiger partial charge in [-0.05, 0) is 65.4 Å². The van der Waals surface area contributed by atoms with E-state index in [-0.39, 0.29) is 18.2 Å². The molecule has 0 radical (unpaired) electrons. The first-order chi connectivity index (χ1) is 18.0. The van der Waals surface area contributed by atoms with E-state index in [2.05, 4.69) is 52.2 Å². The minimum absolute atomic E-state index is 0.169. The first kappa shape index (κ1) is 24.2. The highest BCUT2D eigenvalue weighted by molar-refractivity contribution is 9.10. The molecule has 186 valence electrons. The Morgan fingerprint density at radius 3 is 2.59 bits per heavy atom. The Morgan fingerprint density at radius 1 is 1.00 bits per heavy atom. The summed E-state index contributed by atoms with van der Waals surface area (Å²) in [6.07, 6.45) is 0.208. The number of H-pyrrole nitrogens is 2. The van der Waals surface area contributed by atoms with Crippen LogP contribution in [0.4, 0.5) is 11.4 Å². The molecule has 4 N–H and O–H groups in total. The first-order valence-electron chi connectivity index (χ1n) is 11.5. The minimum atomic E-state index is -0.348. The molecule has 11 heteroatoms. The first-order valence-corrected chi connectivity index (χ1v) is 12.3. The maximum Gasteiger partial charge on any atom is 0.272 e. The van der Waals surface area contributed by atoms with Gasteiger partial charge in [0.15, 0.2) is 5.82 Å². The van der Waals surface area contributed by atoms with E-state index >= 15 is 0 Å². The molecule has 0 aliphatic carbocycles. The standard InChI is InChI=1S/C26H22BrN7O3/c1-2-37-18-9-6-15(7-10-18)12-23(35)28-21-5-3-4-16-13-22(29-24(16)21)26(36)30-20-11-8-17(27)14-19(20)25-31-33-34-32-25/h3-11,13-14,29H,2,12H2,1H3,(H,28,35)(H,30,36)(H,31,32,33,34). The second-order valence-electron chi connectivity index (χ2n) is 8.15. The van der Waals surface area contributed by atoms with Crippen molar-refractivity contribution in [2.45, 2.75) is 13.3 Å². The highest BCUT2D eigenvalue weighted by atomic mass is 79.9. The third kappa shape index (κ3) is 5.51. The van der Waals surface area contributed by atoms with Crippen LogP contribution in [0.25, 0.3) is 22.3 Å². The van der Waals surface area contributed by atoms with Crippen molar-refractivity contribution in [2.75, 3.05) is 17.2 Å². The monoisotopic (exact) mass is 559 g/mol. The number of fused-ring (bicyclic) bond motifs is 1. The summed E-state index contributed by atoms with van der Waals surface area (Å²) in [4.78, 5) is 29.0. The summed E-state index contributed by atoms with van der Waals surface area (Å²) in [7, 11) is 0. The molecule has 3 aromatic carbocycles. The average molecular weight is 560 g/mol. The number of nitrogens with zero attached hydrogens (tertiary/aromatic N) is 3. The fourth-order valence-electron chi connectivity index (χ4n) is 3.92. The van der Waals surface area contributed by atoms with Gasteiger partial charge in [0.05, 0.1) is 29.9 Å². The summed E-state index contributed by atoms with van der Waals surface area (Å²) in [5.41, 5.74) is 3.62. The molecule has 2 amide bonds. The van der Waals surface area contributed by atoms with E-state index in [9.17, 15) is 9.59 Å². The molecule has 2 heterocycles. The van der Waals surface area contributed by atoms with Gasteiger partial charge >= 0.3 is 0 Å². The number of para-hydroxylation sites is 1. The van der Waals surface area contributed by atoms with Gasteiger partial charge in [-0.25, -0.2) is 5.10 Å². The van der Waals surface area contributed by atoms with E-state index in [0.29, 0.717) is 40.6 Å². The zero-order valence-corrected chi connectivity index (χ0v) is 21.3. The van der Waals surface area contributed by atoms with Gasteiger partial charge in [-0.1, -0.05) is 40.2 Å². The summed E-state index contributed by atoms with van der Waals surface area (Å²) in [6, 6.07) is 20.0. The van der Waals surface area contributed by atoms with Gasteiger partial charge < -0.3 is 20.4 Å². The number of carbonyl (C=O) groups is 2. The fraction of sp³-hybridized carbons (Fsp3) is 0.115. The second kappa shape index (κ2) is 10.6. The molecule has 37 heavy (non-hydrogen) atoms. The van der Waals surface area contributed by atoms with E-state index in [4.69, 9.17) is 4.74 Å². The van der Waals surface area contributed by atoms with Crippen LogP contribution in [0.5, 0.6) is 5.75 Å². The minimum Gasteiger partial charge on any atom is -0.494 e. The molecule has 0 saturated carbocycles. The van der Waals surface area contributed by atoms with Crippen molar-refractivity contribution in [3.8, 4) is 17.1 Å². The van der Waals surface area contributed by atoms with Crippen LogP contribution in [-0.2, 0) is 11.2 Å². The number of amides is 2. The smallest absolute Gasteiger partial charge is 0.272 e. The van der Waals surface area contributed by atoms with Gasteiger partial charge in [0, 0.05) is 15.4 Å². The van der Waals surface area contributed by atoms with Crippen molar-refractivity contribution in [3.63, 3.8) is 0 Å². The lowest BCUT2D eigenvalue weighted by Crippen LogP contribution is -2.15. The molecule has 2 aromatic heterocycles. The number of carbonyl (C=O) groups excluding carboxylic acids is 2. The molecule has 5 rings (SSSR count). The molecular weight excluding hydrogens is 538 g/mol. The Morgan fingerprint density at radius 2 is 1.84 bits per heavy atom. The van der Waals surface area contributed by atoms with Crippen LogP contribution >= 0.6 is 15.9 Å². The number of ether oxygens (including phenoxy) is 1. The SMILES string of the molecule is CCOc1ccc(CC(=O)Nc2cccc3cc(C(=O)Nc4ccc(Br)cc4-c4nnn[nH]4)[nH]c23)cc1. The van der Waals surface area contributed by atoms with Gasteiger partial charge in [0.2, 0.25) is 5.91 Å². The van der Waals surface area contributed by atoms with Crippen LogP contribution in [0.15, 0.2) is 71.2 Å². The van der Waals surface area contributed by atoms with Crippen LogP contribution in [0.1, 0.15) is 23.0 Å². The molecule has 10 nitrogen and oxygen atoms in total. The Hall–Kier alpha value is -4.51. The van der Waals surface area contributed by atoms with Crippen LogP contribution in [-0.4, -0.2) is 44.0 Å². The maximum absolute atomic E-state index is 13.1. The summed E-state index contributed by atoms with van der Waals surface area (Å²) >= 11 is 3.43. The van der Waals surface area contributed by atoms with Crippen molar-refractivity contribution < 1.29 is 14.3 Å². The number of tetrazole rings is 1. The molecule has 0 spiro atoms. The Labute approximate surface area is 219 Å². The summed E-state index contributed by atoms with van der Waals surface area (Å²) in [5.74, 6) is 0.670. The van der Waals surface area contributed by atoms with Crippen molar-refractivity contribution in [1.29, 1.82) is 0 Å². The van der Waals surface area contributed by atoms with E-state index < -0.39 is 0 Å². The normalized spacial score (nSPS) is 10.9. The van der Waals surface area contributed by atoms with Crippen molar-refractivity contribution in [1.82, 2.24) is 25.6 Å². The summed E-state index contributed by atoms with van der Waals surface area (Å²) in [6.45, 7) is 2.51. The molecule has 0 unspecified atom stereocenters. The number of nitrogens with one attached hydrogen (secondary N) is 4. The molecule has 0 aliphatic heterocycles. The van der Waals surface area contributed by atoms with Crippen molar-refractivity contribution in [2.24, 2.45) is 0 Å². The average Bonchev–Trinajstić information content (AvgIpc) is 3.57. The fourth-order valence-corrected chi connectivity index (χ4v) is 4.28. The number of aromatic amines is 2. The topological polar surface area (TPSA) is 138 Å². The van der Waals surface area contributed by atoms with Gasteiger partial charge in [0.25, 0.3) is 5.91 Å². The third-order valence-corrected chi connectivity index (χ3v) is 6.10. The molecule has 0 atom stereocenters. The van der Waals surface area contributed by atoms with Crippen LogP contribution in [0, 0.1) is 0 Å². The lowest BCUT2D eigenvalue weighted by Gasteiger charge is -2.09. The number of benzene rings is 3.